The number of pyridine rings is 1. The zero-order chi connectivity index (χ0) is 33.0. The number of anilines is 3. The van der Waals surface area contributed by atoms with Gasteiger partial charge < -0.3 is 4.90 Å². The van der Waals surface area contributed by atoms with E-state index < -0.39 is 0 Å². The molecule has 2 aromatic heterocycles. The average molecular weight is 658 g/mol. The van der Waals surface area contributed by atoms with Crippen LogP contribution in [0.25, 0.3) is 66.6 Å². The van der Waals surface area contributed by atoms with E-state index >= 15 is 0 Å². The van der Waals surface area contributed by atoms with Crippen molar-refractivity contribution in [2.75, 3.05) is 4.90 Å². The molecule has 0 saturated carbocycles. The molecule has 0 amide bonds. The number of fused-ring (bicyclic) bond motifs is 5. The average Bonchev–Trinajstić information content (AvgIpc) is 3.19. The van der Waals surface area contributed by atoms with Gasteiger partial charge in [0, 0.05) is 38.1 Å². The summed E-state index contributed by atoms with van der Waals surface area (Å²) in [7, 11) is 0. The van der Waals surface area contributed by atoms with Gasteiger partial charge in [0.25, 0.3) is 0 Å². The highest BCUT2D eigenvalue weighted by Crippen LogP contribution is 2.54. The van der Waals surface area contributed by atoms with Gasteiger partial charge in [0.05, 0.1) is 22.6 Å². The van der Waals surface area contributed by atoms with Crippen LogP contribution in [0.5, 0.6) is 0 Å². The molecule has 0 aliphatic carbocycles. The normalized spacial score (nSPS) is 12.3. The van der Waals surface area contributed by atoms with E-state index in [9.17, 15) is 0 Å². The Labute approximate surface area is 293 Å². The monoisotopic (exact) mass is 657 g/mol. The maximum Gasteiger partial charge on any atom is 0.165 e. The molecule has 10 rings (SSSR count). The van der Waals surface area contributed by atoms with E-state index in [0.717, 1.165) is 76.0 Å². The van der Waals surface area contributed by atoms with Crippen LogP contribution < -0.4 is 4.90 Å². The summed E-state index contributed by atoms with van der Waals surface area (Å²) in [5.74, 6) is 1.91. The van der Waals surface area contributed by atoms with E-state index in [1.165, 1.54) is 0 Å². The molecule has 9 aromatic rings. The highest BCUT2D eigenvalue weighted by molar-refractivity contribution is 8.00. The van der Waals surface area contributed by atoms with E-state index in [-0.39, 0.29) is 0 Å². The Kier molecular flexibility index (Phi) is 6.67. The number of benzene rings is 7. The van der Waals surface area contributed by atoms with Crippen molar-refractivity contribution in [1.29, 1.82) is 0 Å². The number of hydrogen-bond donors (Lipinski definition) is 0. The van der Waals surface area contributed by atoms with Crippen molar-refractivity contribution in [3.63, 3.8) is 0 Å². The van der Waals surface area contributed by atoms with Crippen molar-refractivity contribution in [3.8, 4) is 34.2 Å². The lowest BCUT2D eigenvalue weighted by Crippen LogP contribution is -2.16. The Hall–Kier alpha value is -6.37. The highest BCUT2D eigenvalue weighted by atomic mass is 32.2. The SMILES string of the molecule is c1ccc2c(c1)Sc1c(-c3nc(-c4cccc5ccccc45)nc(-c4cccc5ccccc45)n3)cccc1N2c1cccc2cccnc12. The second kappa shape index (κ2) is 11.7. The third kappa shape index (κ3) is 4.65. The molecule has 7 aromatic carbocycles. The highest BCUT2D eigenvalue weighted by Gasteiger charge is 2.29. The minimum Gasteiger partial charge on any atom is -0.306 e. The largest absolute Gasteiger partial charge is 0.306 e. The topological polar surface area (TPSA) is 54.8 Å². The summed E-state index contributed by atoms with van der Waals surface area (Å²) in [6.07, 6.45) is 1.86. The van der Waals surface area contributed by atoms with Gasteiger partial charge in [-0.1, -0.05) is 133 Å². The molecule has 0 unspecified atom stereocenters. The van der Waals surface area contributed by atoms with E-state index in [2.05, 4.69) is 157 Å². The summed E-state index contributed by atoms with van der Waals surface area (Å²) in [5.41, 5.74) is 7.04. The van der Waals surface area contributed by atoms with Crippen LogP contribution in [-0.2, 0) is 0 Å². The van der Waals surface area contributed by atoms with E-state index in [4.69, 9.17) is 19.9 Å². The molecule has 0 saturated heterocycles. The standard InChI is InChI=1S/C44H27N5S/c1-3-18-31-28(12-1)14-7-20-33(31)42-46-43(34-21-8-15-29-13-2-4-19-32(29)34)48-44(47-42)35-22-10-25-38-41(35)50-39-26-6-5-23-36(39)49(38)37-24-9-16-30-17-11-27-45-40(30)37/h1-27H. The number of nitrogens with zero attached hydrogens (tertiary/aromatic N) is 5. The van der Waals surface area contributed by atoms with Crippen LogP contribution >= 0.6 is 11.8 Å². The first-order valence-corrected chi connectivity index (χ1v) is 17.4. The fourth-order valence-corrected chi connectivity index (χ4v) is 8.22. The predicted molar refractivity (Wildman–Crippen MR) is 205 cm³/mol. The third-order valence-electron chi connectivity index (χ3n) is 9.34. The Morgan fingerprint density at radius 1 is 0.400 bits per heavy atom. The van der Waals surface area contributed by atoms with Gasteiger partial charge in [0.2, 0.25) is 0 Å². The molecule has 1 aliphatic heterocycles. The first kappa shape index (κ1) is 28.6. The zero-order valence-electron chi connectivity index (χ0n) is 26.7. The van der Waals surface area contributed by atoms with Gasteiger partial charge in [-0.25, -0.2) is 15.0 Å². The number of aromatic nitrogens is 4. The predicted octanol–water partition coefficient (Wildman–Crippen LogP) is 11.7. The Morgan fingerprint density at radius 2 is 0.900 bits per heavy atom. The lowest BCUT2D eigenvalue weighted by atomic mass is 10.0. The molecule has 6 heteroatoms. The van der Waals surface area contributed by atoms with Crippen LogP contribution in [0.4, 0.5) is 17.1 Å². The maximum absolute atomic E-state index is 5.27. The van der Waals surface area contributed by atoms with Gasteiger partial charge >= 0.3 is 0 Å². The Bertz CT molecular complexity index is 2660. The quantitative estimate of drug-likeness (QED) is 0.188. The van der Waals surface area contributed by atoms with Crippen molar-refractivity contribution in [3.05, 3.63) is 164 Å². The van der Waals surface area contributed by atoms with Gasteiger partial charge in [-0.05, 0) is 57.9 Å². The first-order chi connectivity index (χ1) is 24.8. The van der Waals surface area contributed by atoms with Crippen LogP contribution in [0.1, 0.15) is 0 Å². The van der Waals surface area contributed by atoms with Gasteiger partial charge in [-0.2, -0.15) is 0 Å². The molecule has 3 heterocycles. The lowest BCUT2D eigenvalue weighted by Gasteiger charge is -2.34. The molecule has 1 aliphatic rings. The number of hydrogen-bond acceptors (Lipinski definition) is 6. The number of para-hydroxylation sites is 2. The number of rotatable bonds is 4. The van der Waals surface area contributed by atoms with E-state index in [0.29, 0.717) is 17.5 Å². The molecular weight excluding hydrogens is 631 g/mol. The summed E-state index contributed by atoms with van der Waals surface area (Å²) < 4.78 is 0. The molecule has 5 nitrogen and oxygen atoms in total. The van der Waals surface area contributed by atoms with Crippen LogP contribution in [0.3, 0.4) is 0 Å². The fourth-order valence-electron chi connectivity index (χ4n) is 7.06. The van der Waals surface area contributed by atoms with E-state index in [1.807, 2.05) is 12.3 Å². The van der Waals surface area contributed by atoms with Crippen LogP contribution in [0, 0.1) is 0 Å². The summed E-state index contributed by atoms with van der Waals surface area (Å²) in [6, 6.07) is 54.9. The molecule has 0 spiro atoms. The molecule has 50 heavy (non-hydrogen) atoms. The minimum absolute atomic E-state index is 0.630. The van der Waals surface area contributed by atoms with Crippen molar-refractivity contribution in [2.24, 2.45) is 0 Å². The van der Waals surface area contributed by atoms with E-state index in [1.54, 1.807) is 11.8 Å². The second-order valence-electron chi connectivity index (χ2n) is 12.3. The van der Waals surface area contributed by atoms with Crippen molar-refractivity contribution < 1.29 is 0 Å². The molecule has 0 radical (unpaired) electrons. The van der Waals surface area contributed by atoms with Gasteiger partial charge in [-0.15, -0.1) is 0 Å². The molecule has 0 N–H and O–H groups in total. The van der Waals surface area contributed by atoms with Crippen molar-refractivity contribution >= 4 is 61.3 Å². The molecule has 0 fully saturated rings. The minimum atomic E-state index is 0.630. The van der Waals surface area contributed by atoms with Crippen molar-refractivity contribution in [1.82, 2.24) is 19.9 Å². The zero-order valence-corrected chi connectivity index (χ0v) is 27.5. The van der Waals surface area contributed by atoms with Gasteiger partial charge in [0.1, 0.15) is 0 Å². The summed E-state index contributed by atoms with van der Waals surface area (Å²) in [5, 5.41) is 5.58. The summed E-state index contributed by atoms with van der Waals surface area (Å²) in [6.45, 7) is 0. The maximum atomic E-state index is 5.27. The molecular formula is C44H27N5S. The molecule has 234 valence electrons. The van der Waals surface area contributed by atoms with Crippen LogP contribution in [0.15, 0.2) is 174 Å². The van der Waals surface area contributed by atoms with Gasteiger partial charge in [-0.3, -0.25) is 4.98 Å². The van der Waals surface area contributed by atoms with Gasteiger partial charge in [0.15, 0.2) is 17.5 Å². The summed E-state index contributed by atoms with van der Waals surface area (Å²) in [4.78, 5) is 25.2. The third-order valence-corrected chi connectivity index (χ3v) is 10.5. The second-order valence-corrected chi connectivity index (χ2v) is 13.3. The smallest absolute Gasteiger partial charge is 0.165 e. The Balaban J connectivity index is 1.24. The van der Waals surface area contributed by atoms with Crippen LogP contribution in [-0.4, -0.2) is 19.9 Å². The summed E-state index contributed by atoms with van der Waals surface area (Å²) >= 11 is 1.75. The fraction of sp³-hybridized carbons (Fsp3) is 0. The van der Waals surface area contributed by atoms with Crippen molar-refractivity contribution in [2.45, 2.75) is 9.79 Å². The molecule has 0 bridgehead atoms. The lowest BCUT2D eigenvalue weighted by molar-refractivity contribution is 1.07. The molecule has 0 atom stereocenters. The first-order valence-electron chi connectivity index (χ1n) is 16.6. The Morgan fingerprint density at radius 3 is 1.64 bits per heavy atom. The van der Waals surface area contributed by atoms with Crippen LogP contribution in [0.2, 0.25) is 0 Å².